The summed E-state index contributed by atoms with van der Waals surface area (Å²) in [5.74, 6) is 0. The van der Waals surface area contributed by atoms with Crippen molar-refractivity contribution in [2.75, 3.05) is 5.32 Å². The third kappa shape index (κ3) is 3.53. The zero-order chi connectivity index (χ0) is 13.0. The van der Waals surface area contributed by atoms with Gasteiger partial charge in [0.15, 0.2) is 0 Å². The first kappa shape index (κ1) is 13.5. The van der Waals surface area contributed by atoms with E-state index in [9.17, 15) is 4.79 Å². The standard InChI is InChI=1S/C13H16Cl2N2O/c14-10-7-4-8-11(12(10)15)17-13(18)16-9-5-2-1-3-6-9/h4,7-9H,1-3,5-6H2,(H2,16,17,18). The van der Waals surface area contributed by atoms with Crippen molar-refractivity contribution in [1.29, 1.82) is 0 Å². The maximum Gasteiger partial charge on any atom is 0.319 e. The zero-order valence-electron chi connectivity index (χ0n) is 10.0. The van der Waals surface area contributed by atoms with E-state index in [1.807, 2.05) is 0 Å². The highest BCUT2D eigenvalue weighted by molar-refractivity contribution is 6.43. The van der Waals surface area contributed by atoms with Crippen LogP contribution in [-0.2, 0) is 0 Å². The maximum atomic E-state index is 11.8. The van der Waals surface area contributed by atoms with Crippen LogP contribution in [0.5, 0.6) is 0 Å². The van der Waals surface area contributed by atoms with Gasteiger partial charge >= 0.3 is 6.03 Å². The Balaban J connectivity index is 1.92. The van der Waals surface area contributed by atoms with E-state index in [0.717, 1.165) is 12.8 Å². The molecule has 98 valence electrons. The van der Waals surface area contributed by atoms with Gasteiger partial charge in [0.05, 0.1) is 15.7 Å². The predicted molar refractivity (Wildman–Crippen MR) is 75.5 cm³/mol. The van der Waals surface area contributed by atoms with Crippen molar-refractivity contribution in [1.82, 2.24) is 5.32 Å². The second-order valence-electron chi connectivity index (χ2n) is 4.53. The molecule has 1 fully saturated rings. The Labute approximate surface area is 117 Å². The number of rotatable bonds is 2. The van der Waals surface area contributed by atoms with Crippen LogP contribution in [0.4, 0.5) is 10.5 Å². The van der Waals surface area contributed by atoms with Crippen molar-refractivity contribution in [3.8, 4) is 0 Å². The Morgan fingerprint density at radius 1 is 1.17 bits per heavy atom. The molecule has 2 N–H and O–H groups in total. The van der Waals surface area contributed by atoms with Crippen molar-refractivity contribution in [2.45, 2.75) is 38.1 Å². The van der Waals surface area contributed by atoms with Gasteiger partial charge in [-0.3, -0.25) is 0 Å². The lowest BCUT2D eigenvalue weighted by atomic mass is 9.96. The average molecular weight is 287 g/mol. The van der Waals surface area contributed by atoms with Gasteiger partial charge in [-0.1, -0.05) is 48.5 Å². The van der Waals surface area contributed by atoms with E-state index >= 15 is 0 Å². The van der Waals surface area contributed by atoms with E-state index in [2.05, 4.69) is 10.6 Å². The molecule has 3 nitrogen and oxygen atoms in total. The van der Waals surface area contributed by atoms with E-state index in [-0.39, 0.29) is 12.1 Å². The Bertz CT molecular complexity index is 431. The van der Waals surface area contributed by atoms with Crippen LogP contribution >= 0.6 is 23.2 Å². The number of urea groups is 1. The van der Waals surface area contributed by atoms with Gasteiger partial charge in [-0.15, -0.1) is 0 Å². The van der Waals surface area contributed by atoms with Gasteiger partial charge < -0.3 is 10.6 Å². The SMILES string of the molecule is O=C(Nc1cccc(Cl)c1Cl)NC1CCCCC1. The first-order valence-corrected chi connectivity index (χ1v) is 6.94. The number of halogens is 2. The number of hydrogen-bond donors (Lipinski definition) is 2. The molecule has 2 amide bonds. The van der Waals surface area contributed by atoms with Gasteiger partial charge in [-0.05, 0) is 25.0 Å². The van der Waals surface area contributed by atoms with Crippen LogP contribution in [0, 0.1) is 0 Å². The minimum atomic E-state index is -0.217. The van der Waals surface area contributed by atoms with Gasteiger partial charge in [-0.25, -0.2) is 4.79 Å². The molecule has 0 radical (unpaired) electrons. The number of carbonyl (C=O) groups is 1. The Kier molecular flexibility index (Phi) is 4.72. The summed E-state index contributed by atoms with van der Waals surface area (Å²) in [7, 11) is 0. The molecule has 1 aliphatic carbocycles. The van der Waals surface area contributed by atoms with Crippen molar-refractivity contribution in [2.24, 2.45) is 0 Å². The number of anilines is 1. The summed E-state index contributed by atoms with van der Waals surface area (Å²) in [5, 5.41) is 6.50. The molecule has 1 aromatic rings. The molecule has 0 aliphatic heterocycles. The fourth-order valence-electron chi connectivity index (χ4n) is 2.19. The van der Waals surface area contributed by atoms with Gasteiger partial charge in [-0.2, -0.15) is 0 Å². The number of hydrogen-bond acceptors (Lipinski definition) is 1. The number of carbonyl (C=O) groups excluding carboxylic acids is 1. The molecular formula is C13H16Cl2N2O. The first-order valence-electron chi connectivity index (χ1n) is 6.18. The minimum Gasteiger partial charge on any atom is -0.335 e. The lowest BCUT2D eigenvalue weighted by molar-refractivity contribution is 0.244. The lowest BCUT2D eigenvalue weighted by Gasteiger charge is -2.23. The second kappa shape index (κ2) is 6.30. The second-order valence-corrected chi connectivity index (χ2v) is 5.32. The highest BCUT2D eigenvalue weighted by Crippen LogP contribution is 2.29. The average Bonchev–Trinajstić information content (AvgIpc) is 2.36. The minimum absolute atomic E-state index is 0.217. The third-order valence-corrected chi connectivity index (χ3v) is 3.96. The van der Waals surface area contributed by atoms with Crippen molar-refractivity contribution in [3.63, 3.8) is 0 Å². The van der Waals surface area contributed by atoms with Crippen LogP contribution < -0.4 is 10.6 Å². The predicted octanol–water partition coefficient (Wildman–Crippen LogP) is 4.45. The highest BCUT2D eigenvalue weighted by atomic mass is 35.5. The molecule has 1 saturated carbocycles. The van der Waals surface area contributed by atoms with Crippen LogP contribution in [0.1, 0.15) is 32.1 Å². The van der Waals surface area contributed by atoms with Crippen LogP contribution in [-0.4, -0.2) is 12.1 Å². The molecule has 1 aliphatic rings. The molecule has 0 atom stereocenters. The molecule has 5 heteroatoms. The van der Waals surface area contributed by atoms with E-state index in [0.29, 0.717) is 15.7 Å². The smallest absolute Gasteiger partial charge is 0.319 e. The maximum absolute atomic E-state index is 11.8. The number of benzene rings is 1. The molecule has 2 rings (SSSR count). The summed E-state index contributed by atoms with van der Waals surface area (Å²) in [6.07, 6.45) is 5.74. The summed E-state index contributed by atoms with van der Waals surface area (Å²) in [4.78, 5) is 11.8. The van der Waals surface area contributed by atoms with Crippen molar-refractivity contribution in [3.05, 3.63) is 28.2 Å². The molecule has 0 heterocycles. The van der Waals surface area contributed by atoms with E-state index in [1.54, 1.807) is 18.2 Å². The monoisotopic (exact) mass is 286 g/mol. The van der Waals surface area contributed by atoms with Crippen LogP contribution in [0.3, 0.4) is 0 Å². The van der Waals surface area contributed by atoms with Gasteiger partial charge in [0, 0.05) is 6.04 Å². The highest BCUT2D eigenvalue weighted by Gasteiger charge is 2.16. The van der Waals surface area contributed by atoms with Crippen LogP contribution in [0.25, 0.3) is 0 Å². The fraction of sp³-hybridized carbons (Fsp3) is 0.462. The molecule has 0 bridgehead atoms. The molecule has 18 heavy (non-hydrogen) atoms. The van der Waals surface area contributed by atoms with E-state index in [1.165, 1.54) is 19.3 Å². The van der Waals surface area contributed by atoms with E-state index in [4.69, 9.17) is 23.2 Å². The fourth-order valence-corrected chi connectivity index (χ4v) is 2.54. The first-order chi connectivity index (χ1) is 8.66. The van der Waals surface area contributed by atoms with Gasteiger partial charge in [0.25, 0.3) is 0 Å². The van der Waals surface area contributed by atoms with Crippen LogP contribution in [0.2, 0.25) is 10.0 Å². The van der Waals surface area contributed by atoms with Crippen LogP contribution in [0.15, 0.2) is 18.2 Å². The largest absolute Gasteiger partial charge is 0.335 e. The summed E-state index contributed by atoms with van der Waals surface area (Å²) in [6.45, 7) is 0. The Morgan fingerprint density at radius 2 is 1.89 bits per heavy atom. The zero-order valence-corrected chi connectivity index (χ0v) is 11.5. The molecule has 0 spiro atoms. The van der Waals surface area contributed by atoms with Crippen molar-refractivity contribution < 1.29 is 4.79 Å². The summed E-state index contributed by atoms with van der Waals surface area (Å²) in [5.41, 5.74) is 0.539. The Hall–Kier alpha value is -0.930. The molecule has 1 aromatic carbocycles. The lowest BCUT2D eigenvalue weighted by Crippen LogP contribution is -2.39. The Morgan fingerprint density at radius 3 is 2.61 bits per heavy atom. The molecule has 0 aromatic heterocycles. The summed E-state index contributed by atoms with van der Waals surface area (Å²) >= 11 is 11.9. The molecule has 0 unspecified atom stereocenters. The summed E-state index contributed by atoms with van der Waals surface area (Å²) in [6, 6.07) is 5.23. The quantitative estimate of drug-likeness (QED) is 0.829. The topological polar surface area (TPSA) is 41.1 Å². The number of amides is 2. The molecular weight excluding hydrogens is 271 g/mol. The molecule has 0 saturated heterocycles. The third-order valence-electron chi connectivity index (χ3n) is 3.14. The van der Waals surface area contributed by atoms with Gasteiger partial charge in [0.1, 0.15) is 0 Å². The summed E-state index contributed by atoms with van der Waals surface area (Å²) < 4.78 is 0. The van der Waals surface area contributed by atoms with E-state index < -0.39 is 0 Å². The van der Waals surface area contributed by atoms with Crippen molar-refractivity contribution >= 4 is 34.9 Å². The number of nitrogens with one attached hydrogen (secondary N) is 2. The van der Waals surface area contributed by atoms with Gasteiger partial charge in [0.2, 0.25) is 0 Å². The normalized spacial score (nSPS) is 16.3.